The van der Waals surface area contributed by atoms with Gasteiger partial charge in [0.15, 0.2) is 11.0 Å². The van der Waals surface area contributed by atoms with Gasteiger partial charge in [-0.25, -0.2) is 4.79 Å². The highest BCUT2D eigenvalue weighted by Gasteiger charge is 2.36. The Hall–Kier alpha value is -4.31. The molecule has 266 valence electrons. The van der Waals surface area contributed by atoms with Crippen LogP contribution in [0.4, 0.5) is 10.5 Å². The molecule has 3 atom stereocenters. The lowest BCUT2D eigenvalue weighted by atomic mass is 9.89. The number of primary amides is 1. The monoisotopic (exact) mass is 693 g/mol. The molecule has 1 aliphatic rings. The van der Waals surface area contributed by atoms with Crippen molar-refractivity contribution in [2.45, 2.75) is 78.2 Å². The van der Waals surface area contributed by atoms with E-state index in [2.05, 4.69) is 16.0 Å². The fourth-order valence-corrected chi connectivity index (χ4v) is 5.56. The van der Waals surface area contributed by atoms with Gasteiger partial charge < -0.3 is 26.4 Å². The summed E-state index contributed by atoms with van der Waals surface area (Å²) in [7, 11) is -4.96. The van der Waals surface area contributed by atoms with E-state index in [-0.39, 0.29) is 37.2 Å². The smallest absolute Gasteiger partial charge is 0.312 e. The van der Waals surface area contributed by atoms with Crippen LogP contribution in [0.15, 0.2) is 36.4 Å². The number of hydrogen-bond donors (Lipinski definition) is 5. The molecule has 0 spiro atoms. The third-order valence-electron chi connectivity index (χ3n) is 7.59. The molecule has 1 aromatic carbocycles. The van der Waals surface area contributed by atoms with Gasteiger partial charge in [0.2, 0.25) is 5.91 Å². The normalized spacial score (nSPS) is 15.2. The topological polar surface area (TPSA) is 231 Å². The number of rotatable bonds is 19. The first-order valence-electron chi connectivity index (χ1n) is 15.7. The van der Waals surface area contributed by atoms with Crippen LogP contribution in [0.25, 0.3) is 0 Å². The average Bonchev–Trinajstić information content (AvgIpc) is 3.30. The Morgan fingerprint density at radius 2 is 1.60 bits per heavy atom. The Kier molecular flexibility index (Phi) is 14.7. The Balaban J connectivity index is 2.10. The lowest BCUT2D eigenvalue weighted by Crippen LogP contribution is -2.51. The molecule has 6 N–H and O–H groups in total. The number of ketones is 1. The summed E-state index contributed by atoms with van der Waals surface area (Å²) < 4.78 is 39.4. The molecule has 1 aromatic rings. The average molecular weight is 694 g/mol. The second kappa shape index (κ2) is 17.7. The van der Waals surface area contributed by atoms with E-state index in [0.29, 0.717) is 19.4 Å². The number of hydrogen-bond acceptors (Lipinski definition) is 10. The zero-order chi connectivity index (χ0) is 36.2. The largest absolute Gasteiger partial charge is 0.460 e. The summed E-state index contributed by atoms with van der Waals surface area (Å²) in [4.78, 5) is 74.3. The van der Waals surface area contributed by atoms with Crippen molar-refractivity contribution in [3.8, 4) is 0 Å². The van der Waals surface area contributed by atoms with Crippen LogP contribution < -0.4 is 21.7 Å². The molecule has 0 aromatic heterocycles. The summed E-state index contributed by atoms with van der Waals surface area (Å²) >= 11 is 0. The Morgan fingerprint density at radius 1 is 1.00 bits per heavy atom. The van der Waals surface area contributed by atoms with Crippen molar-refractivity contribution in [3.05, 3.63) is 42.0 Å². The number of nitrogens with zero attached hydrogens (tertiary/aromatic N) is 1. The second-order valence-corrected chi connectivity index (χ2v) is 14.7. The maximum absolute atomic E-state index is 13.6. The van der Waals surface area contributed by atoms with Crippen molar-refractivity contribution in [1.82, 2.24) is 15.5 Å². The predicted octanol–water partition coefficient (Wildman–Crippen LogP) is 1.92. The van der Waals surface area contributed by atoms with Crippen molar-refractivity contribution >= 4 is 51.3 Å². The fourth-order valence-electron chi connectivity index (χ4n) is 4.81. The highest BCUT2D eigenvalue weighted by molar-refractivity contribution is 7.87. The van der Waals surface area contributed by atoms with Gasteiger partial charge >= 0.3 is 12.0 Å². The number of anilines is 1. The van der Waals surface area contributed by atoms with Gasteiger partial charge in [-0.1, -0.05) is 26.0 Å². The minimum absolute atomic E-state index is 0.0213. The first-order chi connectivity index (χ1) is 22.3. The van der Waals surface area contributed by atoms with Gasteiger partial charge in [0, 0.05) is 43.9 Å². The summed E-state index contributed by atoms with van der Waals surface area (Å²) in [5.41, 5.74) is 6.06. The number of nitrogens with two attached hydrogens (primary N) is 1. The van der Waals surface area contributed by atoms with Crippen molar-refractivity contribution in [2.75, 3.05) is 25.0 Å². The van der Waals surface area contributed by atoms with E-state index in [1.54, 1.807) is 58.9 Å². The summed E-state index contributed by atoms with van der Waals surface area (Å²) in [6.07, 6.45) is 2.41. The standard InChI is InChI=1S/C32H47N5O10S/c1-20(2)28(36-29(41)25(48(44,45)46)14-16-37-26(39)12-13-27(37)40)24(38)17-22(7-6-15-34-31(33)43)18-35-23-10-8-21(9-11-23)19-47-30(42)32(3,4)5/h8-13,20,22,25,28,35H,6-7,14-19H2,1-5H3,(H,36,41)(H3,33,34,43)(H,44,45,46)/t22-,25-,28+/m1/s1. The SMILES string of the molecule is CC(C)[C@H](NC(=O)[C@@H](CCN1C(=O)C=CC1=O)S(=O)(=O)O)C(=O)C[C@@H](CCCNC(N)=O)CNc1ccc(COC(=O)C(C)(C)C)cc1. The summed E-state index contributed by atoms with van der Waals surface area (Å²) in [6, 6.07) is 5.42. The molecule has 0 saturated carbocycles. The third kappa shape index (κ3) is 13.1. The van der Waals surface area contributed by atoms with Gasteiger partial charge in [0.25, 0.3) is 21.9 Å². The van der Waals surface area contributed by atoms with Crippen molar-refractivity contribution in [2.24, 2.45) is 23.0 Å². The number of amides is 5. The van der Waals surface area contributed by atoms with Crippen LogP contribution in [0.2, 0.25) is 0 Å². The van der Waals surface area contributed by atoms with Crippen LogP contribution in [0.3, 0.4) is 0 Å². The lowest BCUT2D eigenvalue weighted by Gasteiger charge is -2.26. The molecule has 15 nitrogen and oxygen atoms in total. The highest BCUT2D eigenvalue weighted by atomic mass is 32.2. The molecule has 0 aliphatic carbocycles. The van der Waals surface area contributed by atoms with Gasteiger partial charge in [0.1, 0.15) is 6.61 Å². The van der Waals surface area contributed by atoms with E-state index >= 15 is 0 Å². The van der Waals surface area contributed by atoms with E-state index < -0.39 is 69.5 Å². The molecular weight excluding hydrogens is 646 g/mol. The quantitative estimate of drug-likeness (QED) is 0.0608. The number of ether oxygens (including phenoxy) is 1. The van der Waals surface area contributed by atoms with Crippen molar-refractivity contribution < 1.29 is 46.5 Å². The van der Waals surface area contributed by atoms with Crippen LogP contribution >= 0.6 is 0 Å². The number of esters is 1. The summed E-state index contributed by atoms with van der Waals surface area (Å²) in [5.74, 6) is -3.92. The van der Waals surface area contributed by atoms with Crippen LogP contribution in [0.1, 0.15) is 65.9 Å². The number of Topliss-reactive ketones (excluding diaryl/α,β-unsaturated/α-hetero) is 1. The lowest BCUT2D eigenvalue weighted by molar-refractivity contribution is -0.154. The van der Waals surface area contributed by atoms with Gasteiger partial charge in [0.05, 0.1) is 11.5 Å². The molecular formula is C32H47N5O10S. The molecule has 0 fully saturated rings. The Bertz CT molecular complexity index is 1450. The van der Waals surface area contributed by atoms with Crippen LogP contribution in [0.5, 0.6) is 0 Å². The number of nitrogens with one attached hydrogen (secondary N) is 3. The van der Waals surface area contributed by atoms with Crippen molar-refractivity contribution in [3.63, 3.8) is 0 Å². The van der Waals surface area contributed by atoms with Crippen LogP contribution in [-0.4, -0.2) is 84.3 Å². The van der Waals surface area contributed by atoms with E-state index in [4.69, 9.17) is 10.5 Å². The number of imide groups is 1. The van der Waals surface area contributed by atoms with Gasteiger partial charge in [-0.15, -0.1) is 0 Å². The molecule has 0 bridgehead atoms. The predicted molar refractivity (Wildman–Crippen MR) is 177 cm³/mol. The number of carbonyl (C=O) groups excluding carboxylic acids is 6. The van der Waals surface area contributed by atoms with Crippen molar-refractivity contribution in [1.29, 1.82) is 0 Å². The molecule has 1 heterocycles. The molecule has 2 rings (SSSR count). The Morgan fingerprint density at radius 3 is 2.12 bits per heavy atom. The molecule has 5 amide bonds. The maximum Gasteiger partial charge on any atom is 0.312 e. The molecule has 0 unspecified atom stereocenters. The Labute approximate surface area is 281 Å². The number of carbonyl (C=O) groups is 6. The van der Waals surface area contributed by atoms with Gasteiger partial charge in [-0.05, 0) is 69.6 Å². The second-order valence-electron chi connectivity index (χ2n) is 13.1. The van der Waals surface area contributed by atoms with Gasteiger partial charge in [-0.3, -0.25) is 33.4 Å². The zero-order valence-electron chi connectivity index (χ0n) is 28.0. The molecule has 48 heavy (non-hydrogen) atoms. The first kappa shape index (κ1) is 39.9. The molecule has 16 heteroatoms. The number of urea groups is 1. The van der Waals surface area contributed by atoms with E-state index in [9.17, 15) is 41.7 Å². The minimum Gasteiger partial charge on any atom is -0.460 e. The number of benzene rings is 1. The highest BCUT2D eigenvalue weighted by Crippen LogP contribution is 2.20. The molecule has 0 saturated heterocycles. The maximum atomic E-state index is 13.6. The van der Waals surface area contributed by atoms with E-state index in [1.165, 1.54) is 0 Å². The van der Waals surface area contributed by atoms with Crippen LogP contribution in [-0.2, 0) is 45.4 Å². The first-order valence-corrected chi connectivity index (χ1v) is 17.2. The molecule has 0 radical (unpaired) electrons. The van der Waals surface area contributed by atoms with Gasteiger partial charge in [-0.2, -0.15) is 8.42 Å². The third-order valence-corrected chi connectivity index (χ3v) is 8.76. The van der Waals surface area contributed by atoms with E-state index in [1.807, 2.05) is 0 Å². The van der Waals surface area contributed by atoms with Crippen LogP contribution in [0, 0.1) is 17.3 Å². The molecule has 1 aliphatic heterocycles. The fraction of sp³-hybridized carbons (Fsp3) is 0.562. The minimum atomic E-state index is -4.96. The zero-order valence-corrected chi connectivity index (χ0v) is 28.8. The summed E-state index contributed by atoms with van der Waals surface area (Å²) in [5, 5.41) is 6.22. The van der Waals surface area contributed by atoms with E-state index in [0.717, 1.165) is 28.3 Å². The summed E-state index contributed by atoms with van der Waals surface area (Å²) in [6.45, 7) is 8.94.